The Kier molecular flexibility index (Phi) is 4.90. The minimum Gasteiger partial charge on any atom is -0.497 e. The van der Waals surface area contributed by atoms with Crippen molar-refractivity contribution in [1.29, 1.82) is 0 Å². The molecule has 22 heavy (non-hydrogen) atoms. The van der Waals surface area contributed by atoms with Gasteiger partial charge in [-0.3, -0.25) is 0 Å². The van der Waals surface area contributed by atoms with Crippen molar-refractivity contribution in [3.8, 4) is 29.1 Å². The van der Waals surface area contributed by atoms with Crippen molar-refractivity contribution >= 4 is 0 Å². The van der Waals surface area contributed by atoms with Crippen LogP contribution >= 0.6 is 0 Å². The fourth-order valence-corrected chi connectivity index (χ4v) is 2.08. The molecule has 2 aromatic rings. The second-order valence-corrected chi connectivity index (χ2v) is 4.62. The second-order valence-electron chi connectivity index (χ2n) is 4.62. The Hall–Kier alpha value is -2.67. The molecule has 2 aromatic carbocycles. The first kappa shape index (κ1) is 15.7. The van der Waals surface area contributed by atoms with Crippen LogP contribution in [-0.4, -0.2) is 21.3 Å². The first-order valence-electron chi connectivity index (χ1n) is 6.67. The molecule has 3 nitrogen and oxygen atoms in total. The van der Waals surface area contributed by atoms with Crippen LogP contribution in [-0.2, 0) is 0 Å². The van der Waals surface area contributed by atoms with Gasteiger partial charge in [-0.1, -0.05) is 11.8 Å². The van der Waals surface area contributed by atoms with Crippen LogP contribution in [0.4, 0.5) is 4.39 Å². The van der Waals surface area contributed by atoms with Crippen LogP contribution in [0.1, 0.15) is 16.7 Å². The van der Waals surface area contributed by atoms with Gasteiger partial charge in [0.15, 0.2) is 0 Å². The fraction of sp³-hybridized carbons (Fsp3) is 0.222. The number of benzene rings is 2. The number of hydrogen-bond acceptors (Lipinski definition) is 3. The summed E-state index contributed by atoms with van der Waals surface area (Å²) in [6.07, 6.45) is 0. The molecule has 2 rings (SSSR count). The Balaban J connectivity index is 2.45. The Morgan fingerprint density at radius 3 is 2.09 bits per heavy atom. The summed E-state index contributed by atoms with van der Waals surface area (Å²) in [4.78, 5) is 0. The maximum absolute atomic E-state index is 13.9. The second kappa shape index (κ2) is 6.86. The van der Waals surface area contributed by atoms with Crippen LogP contribution in [0.3, 0.4) is 0 Å². The highest BCUT2D eigenvalue weighted by Gasteiger charge is 2.08. The van der Waals surface area contributed by atoms with Crippen molar-refractivity contribution in [2.24, 2.45) is 0 Å². The van der Waals surface area contributed by atoms with Gasteiger partial charge in [0.1, 0.15) is 23.1 Å². The van der Waals surface area contributed by atoms with Crippen LogP contribution in [0.25, 0.3) is 0 Å². The molecule has 4 heteroatoms. The molecule has 0 saturated carbocycles. The molecule has 0 bridgehead atoms. The molecule has 114 valence electrons. The molecule has 0 saturated heterocycles. The van der Waals surface area contributed by atoms with Crippen molar-refractivity contribution in [3.05, 3.63) is 52.8 Å². The topological polar surface area (TPSA) is 27.7 Å². The van der Waals surface area contributed by atoms with Crippen LogP contribution in [0.15, 0.2) is 30.3 Å². The molecular formula is C18H17FO3. The standard InChI is InChI=1S/C18H17FO3/c1-12-9-16(21-3)10-14(18(12)22-4)6-5-13-7-8-15(20-2)11-17(13)19/h7-11H,1-4H3. The van der Waals surface area contributed by atoms with Crippen molar-refractivity contribution < 1.29 is 18.6 Å². The number of halogens is 1. The van der Waals surface area contributed by atoms with E-state index in [1.165, 1.54) is 13.2 Å². The van der Waals surface area contributed by atoms with E-state index in [1.54, 1.807) is 32.4 Å². The number of ether oxygens (including phenoxy) is 3. The lowest BCUT2D eigenvalue weighted by molar-refractivity contribution is 0.399. The lowest BCUT2D eigenvalue weighted by Crippen LogP contribution is -1.94. The predicted octanol–water partition coefficient (Wildman–Crippen LogP) is 3.56. The molecule has 0 aromatic heterocycles. The quantitative estimate of drug-likeness (QED) is 0.811. The minimum absolute atomic E-state index is 0.295. The summed E-state index contributed by atoms with van der Waals surface area (Å²) in [5.41, 5.74) is 1.85. The zero-order chi connectivity index (χ0) is 16.1. The molecule has 0 aliphatic heterocycles. The molecule has 0 amide bonds. The number of aryl methyl sites for hydroxylation is 1. The average Bonchev–Trinajstić information content (AvgIpc) is 2.53. The van der Waals surface area contributed by atoms with Crippen LogP contribution in [0, 0.1) is 24.6 Å². The van der Waals surface area contributed by atoms with Crippen molar-refractivity contribution in [1.82, 2.24) is 0 Å². The molecule has 0 N–H and O–H groups in total. The van der Waals surface area contributed by atoms with E-state index in [4.69, 9.17) is 14.2 Å². The third-order valence-corrected chi connectivity index (χ3v) is 3.20. The molecule has 0 radical (unpaired) electrons. The van der Waals surface area contributed by atoms with Gasteiger partial charge in [0.05, 0.1) is 32.5 Å². The van der Waals surface area contributed by atoms with Gasteiger partial charge >= 0.3 is 0 Å². The van der Waals surface area contributed by atoms with Gasteiger partial charge in [-0.25, -0.2) is 4.39 Å². The number of rotatable bonds is 3. The summed E-state index contributed by atoms with van der Waals surface area (Å²) in [6.45, 7) is 1.90. The molecule has 0 atom stereocenters. The first-order valence-corrected chi connectivity index (χ1v) is 6.67. The largest absolute Gasteiger partial charge is 0.497 e. The van der Waals surface area contributed by atoms with Gasteiger partial charge < -0.3 is 14.2 Å². The van der Waals surface area contributed by atoms with E-state index >= 15 is 0 Å². The lowest BCUT2D eigenvalue weighted by Gasteiger charge is -2.09. The lowest BCUT2D eigenvalue weighted by atomic mass is 10.1. The van der Waals surface area contributed by atoms with Gasteiger partial charge in [0, 0.05) is 6.07 Å². The smallest absolute Gasteiger partial charge is 0.142 e. The summed E-state index contributed by atoms with van der Waals surface area (Å²) in [5.74, 6) is 7.12. The van der Waals surface area contributed by atoms with Crippen LogP contribution < -0.4 is 14.2 Å². The molecule has 0 aliphatic rings. The van der Waals surface area contributed by atoms with E-state index in [0.29, 0.717) is 28.4 Å². The van der Waals surface area contributed by atoms with Gasteiger partial charge in [-0.2, -0.15) is 0 Å². The number of hydrogen-bond donors (Lipinski definition) is 0. The maximum atomic E-state index is 13.9. The van der Waals surface area contributed by atoms with E-state index in [-0.39, 0.29) is 0 Å². The minimum atomic E-state index is -0.426. The molecule has 0 unspecified atom stereocenters. The third-order valence-electron chi connectivity index (χ3n) is 3.20. The molecule has 0 aliphatic carbocycles. The van der Waals surface area contributed by atoms with E-state index in [9.17, 15) is 4.39 Å². The van der Waals surface area contributed by atoms with Gasteiger partial charge in [0.25, 0.3) is 0 Å². The van der Waals surface area contributed by atoms with E-state index in [2.05, 4.69) is 11.8 Å². The Morgan fingerprint density at radius 1 is 0.818 bits per heavy atom. The SMILES string of the molecule is COc1ccc(C#Cc2cc(OC)cc(C)c2OC)c(F)c1. The Morgan fingerprint density at radius 2 is 1.50 bits per heavy atom. The summed E-state index contributed by atoms with van der Waals surface area (Å²) in [7, 11) is 4.65. The average molecular weight is 300 g/mol. The molecule has 0 fully saturated rings. The highest BCUT2D eigenvalue weighted by Crippen LogP contribution is 2.28. The normalized spacial score (nSPS) is 9.68. The van der Waals surface area contributed by atoms with Gasteiger partial charge in [-0.05, 0) is 36.8 Å². The summed E-state index contributed by atoms with van der Waals surface area (Å²) in [5, 5.41) is 0. The zero-order valence-electron chi connectivity index (χ0n) is 13.0. The predicted molar refractivity (Wildman–Crippen MR) is 83.2 cm³/mol. The maximum Gasteiger partial charge on any atom is 0.142 e. The summed E-state index contributed by atoms with van der Waals surface area (Å²) >= 11 is 0. The fourth-order valence-electron chi connectivity index (χ4n) is 2.08. The van der Waals surface area contributed by atoms with Gasteiger partial charge in [-0.15, -0.1) is 0 Å². The highest BCUT2D eigenvalue weighted by atomic mass is 19.1. The molecule has 0 heterocycles. The van der Waals surface area contributed by atoms with E-state index in [1.807, 2.05) is 13.0 Å². The Bertz CT molecular complexity index is 742. The third kappa shape index (κ3) is 3.32. The summed E-state index contributed by atoms with van der Waals surface area (Å²) < 4.78 is 29.5. The van der Waals surface area contributed by atoms with Gasteiger partial charge in [0.2, 0.25) is 0 Å². The van der Waals surface area contributed by atoms with Crippen LogP contribution in [0.2, 0.25) is 0 Å². The molecular weight excluding hydrogens is 283 g/mol. The number of methoxy groups -OCH3 is 3. The monoisotopic (exact) mass is 300 g/mol. The van der Waals surface area contributed by atoms with Crippen LogP contribution in [0.5, 0.6) is 17.2 Å². The molecule has 0 spiro atoms. The van der Waals surface area contributed by atoms with E-state index in [0.717, 1.165) is 5.56 Å². The Labute approximate surface area is 129 Å². The van der Waals surface area contributed by atoms with E-state index < -0.39 is 5.82 Å². The highest BCUT2D eigenvalue weighted by molar-refractivity contribution is 5.56. The van der Waals surface area contributed by atoms with Crippen molar-refractivity contribution in [2.75, 3.05) is 21.3 Å². The summed E-state index contributed by atoms with van der Waals surface area (Å²) in [6, 6.07) is 8.18. The zero-order valence-corrected chi connectivity index (χ0v) is 13.0. The first-order chi connectivity index (χ1) is 10.6. The van der Waals surface area contributed by atoms with Crippen molar-refractivity contribution in [2.45, 2.75) is 6.92 Å². The van der Waals surface area contributed by atoms with Crippen molar-refractivity contribution in [3.63, 3.8) is 0 Å².